The topological polar surface area (TPSA) is 130 Å². The van der Waals surface area contributed by atoms with E-state index in [0.717, 1.165) is 38.3 Å². The molecule has 0 atom stereocenters. The van der Waals surface area contributed by atoms with Crippen LogP contribution in [0.4, 0.5) is 10.6 Å². The highest BCUT2D eigenvalue weighted by Gasteiger charge is 2.18. The van der Waals surface area contributed by atoms with Crippen molar-refractivity contribution < 1.29 is 14.3 Å². The molecule has 0 saturated carbocycles. The fraction of sp³-hybridized carbons (Fsp3) is 0.368. The summed E-state index contributed by atoms with van der Waals surface area (Å²) >= 11 is 0. The first-order valence-corrected chi connectivity index (χ1v) is 9.16. The number of hydrogen-bond donors (Lipinski definition) is 4. The van der Waals surface area contributed by atoms with Gasteiger partial charge in [-0.25, -0.2) is 4.79 Å². The summed E-state index contributed by atoms with van der Waals surface area (Å²) < 4.78 is 6.01. The second-order valence-corrected chi connectivity index (χ2v) is 6.81. The van der Waals surface area contributed by atoms with E-state index in [1.54, 1.807) is 6.07 Å². The van der Waals surface area contributed by atoms with Crippen LogP contribution in [0.2, 0.25) is 0 Å². The van der Waals surface area contributed by atoms with Crippen LogP contribution in [0, 0.1) is 0 Å². The Hall–Kier alpha value is -3.04. The molecule has 9 heteroatoms. The Morgan fingerprint density at radius 3 is 2.57 bits per heavy atom. The van der Waals surface area contributed by atoms with Crippen LogP contribution in [-0.2, 0) is 0 Å². The second-order valence-electron chi connectivity index (χ2n) is 6.81. The zero-order valence-corrected chi connectivity index (χ0v) is 15.9. The van der Waals surface area contributed by atoms with Gasteiger partial charge in [-0.3, -0.25) is 15.0 Å². The molecule has 0 bridgehead atoms. The number of piperazine rings is 1. The fourth-order valence-electron chi connectivity index (χ4n) is 3.19. The Kier molecular flexibility index (Phi) is 6.17. The van der Waals surface area contributed by atoms with Gasteiger partial charge in [-0.15, -0.1) is 0 Å². The highest BCUT2D eigenvalue weighted by Crippen LogP contribution is 2.32. The number of para-hydroxylation sites is 1. The maximum Gasteiger partial charge on any atom is 0.317 e. The Bertz CT molecular complexity index is 842. The first-order valence-electron chi connectivity index (χ1n) is 9.16. The van der Waals surface area contributed by atoms with E-state index in [2.05, 4.69) is 27.1 Å². The quantitative estimate of drug-likeness (QED) is 0.562. The minimum Gasteiger partial charge on any atom is -0.492 e. The number of urea groups is 1. The minimum atomic E-state index is -0.785. The van der Waals surface area contributed by atoms with Crippen LogP contribution in [0.1, 0.15) is 10.4 Å². The number of carbonyl (C=O) groups excluding carboxylic acids is 2. The largest absolute Gasteiger partial charge is 0.492 e. The van der Waals surface area contributed by atoms with E-state index in [9.17, 15) is 9.59 Å². The third kappa shape index (κ3) is 4.81. The fourth-order valence-corrected chi connectivity index (χ4v) is 3.19. The zero-order chi connectivity index (χ0) is 20.1. The summed E-state index contributed by atoms with van der Waals surface area (Å²) in [5.74, 6) is 0.182. The van der Waals surface area contributed by atoms with Crippen molar-refractivity contribution in [1.82, 2.24) is 14.8 Å². The SMILES string of the molecule is CN1CCN(CCOc2ccccc2-c2cc(C(N)=O)c(NC(N)=O)[nH]2)CC1. The van der Waals surface area contributed by atoms with Crippen LogP contribution in [0.25, 0.3) is 11.3 Å². The molecule has 3 amide bonds. The summed E-state index contributed by atoms with van der Waals surface area (Å²) in [6.07, 6.45) is 0. The van der Waals surface area contributed by atoms with E-state index >= 15 is 0 Å². The number of benzene rings is 1. The molecule has 1 aromatic heterocycles. The predicted molar refractivity (Wildman–Crippen MR) is 107 cm³/mol. The van der Waals surface area contributed by atoms with Crippen molar-refractivity contribution in [2.24, 2.45) is 11.5 Å². The van der Waals surface area contributed by atoms with Gasteiger partial charge in [0.1, 0.15) is 18.2 Å². The smallest absolute Gasteiger partial charge is 0.317 e. The van der Waals surface area contributed by atoms with Crippen molar-refractivity contribution in [3.8, 4) is 17.0 Å². The Balaban J connectivity index is 1.73. The number of ether oxygens (including phenoxy) is 1. The number of carbonyl (C=O) groups is 2. The van der Waals surface area contributed by atoms with Crippen LogP contribution in [0.15, 0.2) is 30.3 Å². The highest BCUT2D eigenvalue weighted by atomic mass is 16.5. The van der Waals surface area contributed by atoms with E-state index in [1.165, 1.54) is 0 Å². The molecule has 9 nitrogen and oxygen atoms in total. The van der Waals surface area contributed by atoms with E-state index in [0.29, 0.717) is 18.1 Å². The van der Waals surface area contributed by atoms with E-state index < -0.39 is 11.9 Å². The van der Waals surface area contributed by atoms with Crippen LogP contribution >= 0.6 is 0 Å². The Morgan fingerprint density at radius 2 is 1.89 bits per heavy atom. The monoisotopic (exact) mass is 386 g/mol. The molecule has 6 N–H and O–H groups in total. The molecule has 1 aromatic carbocycles. The molecule has 1 fully saturated rings. The van der Waals surface area contributed by atoms with Gasteiger partial charge in [0.15, 0.2) is 0 Å². The van der Waals surface area contributed by atoms with Gasteiger partial charge in [0.05, 0.1) is 11.3 Å². The number of nitrogens with zero attached hydrogens (tertiary/aromatic N) is 2. The van der Waals surface area contributed by atoms with Gasteiger partial charge in [0, 0.05) is 38.3 Å². The molecular weight excluding hydrogens is 360 g/mol. The van der Waals surface area contributed by atoms with Crippen molar-refractivity contribution in [2.45, 2.75) is 0 Å². The lowest BCUT2D eigenvalue weighted by atomic mass is 10.1. The third-order valence-electron chi connectivity index (χ3n) is 4.77. The number of nitrogens with one attached hydrogen (secondary N) is 2. The summed E-state index contributed by atoms with van der Waals surface area (Å²) in [4.78, 5) is 30.5. The highest BCUT2D eigenvalue weighted by molar-refractivity contribution is 6.03. The van der Waals surface area contributed by atoms with Crippen LogP contribution in [0.5, 0.6) is 5.75 Å². The standard InChI is InChI=1S/C19H26N6O3/c1-24-6-8-25(9-7-24)10-11-28-16-5-3-2-4-13(16)15-12-14(17(20)26)18(22-15)23-19(21)27/h2-5,12,22H,6-11H2,1H3,(H2,20,26)(H3,21,23,27). The van der Waals surface area contributed by atoms with Gasteiger partial charge in [0.25, 0.3) is 5.91 Å². The molecule has 1 aliphatic heterocycles. The molecule has 28 heavy (non-hydrogen) atoms. The molecule has 0 spiro atoms. The van der Waals surface area contributed by atoms with Crippen molar-refractivity contribution in [3.05, 3.63) is 35.9 Å². The number of rotatable bonds is 7. The minimum absolute atomic E-state index is 0.154. The number of nitrogens with two attached hydrogens (primary N) is 2. The predicted octanol–water partition coefficient (Wildman–Crippen LogP) is 0.897. The number of aromatic amines is 1. The first-order chi connectivity index (χ1) is 13.4. The maximum absolute atomic E-state index is 11.7. The number of anilines is 1. The van der Waals surface area contributed by atoms with Crippen LogP contribution in [0.3, 0.4) is 0 Å². The number of amides is 3. The van der Waals surface area contributed by atoms with Crippen molar-refractivity contribution in [1.29, 1.82) is 0 Å². The summed E-state index contributed by atoms with van der Waals surface area (Å²) in [6.45, 7) is 5.57. The van der Waals surface area contributed by atoms with Gasteiger partial charge in [-0.2, -0.15) is 0 Å². The summed E-state index contributed by atoms with van der Waals surface area (Å²) in [7, 11) is 2.13. The molecule has 150 valence electrons. The lowest BCUT2D eigenvalue weighted by Crippen LogP contribution is -2.45. The molecule has 1 aliphatic rings. The lowest BCUT2D eigenvalue weighted by Gasteiger charge is -2.32. The van der Waals surface area contributed by atoms with Gasteiger partial charge in [-0.05, 0) is 25.2 Å². The number of aromatic nitrogens is 1. The molecule has 2 aromatic rings. The number of primary amides is 2. The zero-order valence-electron chi connectivity index (χ0n) is 15.9. The van der Waals surface area contributed by atoms with Gasteiger partial charge in [0.2, 0.25) is 0 Å². The van der Waals surface area contributed by atoms with Crippen LogP contribution < -0.4 is 21.5 Å². The maximum atomic E-state index is 11.7. The van der Waals surface area contributed by atoms with Gasteiger partial charge < -0.3 is 26.1 Å². The van der Waals surface area contributed by atoms with E-state index in [-0.39, 0.29) is 11.4 Å². The average molecular weight is 386 g/mol. The van der Waals surface area contributed by atoms with Crippen molar-refractivity contribution >= 4 is 17.8 Å². The molecule has 1 saturated heterocycles. The molecule has 3 rings (SSSR count). The summed E-state index contributed by atoms with van der Waals surface area (Å²) in [6, 6.07) is 8.29. The molecule has 2 heterocycles. The average Bonchev–Trinajstić information content (AvgIpc) is 3.07. The number of hydrogen-bond acceptors (Lipinski definition) is 5. The second kappa shape index (κ2) is 8.77. The van der Waals surface area contributed by atoms with Gasteiger partial charge >= 0.3 is 6.03 Å². The Labute approximate surface area is 163 Å². The lowest BCUT2D eigenvalue weighted by molar-refractivity contribution is 0.100. The first kappa shape index (κ1) is 19.7. The molecule has 0 aliphatic carbocycles. The van der Waals surface area contributed by atoms with E-state index in [1.807, 2.05) is 24.3 Å². The molecule has 0 unspecified atom stereocenters. The molecule has 0 radical (unpaired) electrons. The normalized spacial score (nSPS) is 15.3. The van der Waals surface area contributed by atoms with Crippen molar-refractivity contribution in [2.75, 3.05) is 51.7 Å². The summed E-state index contributed by atoms with van der Waals surface area (Å²) in [5.41, 5.74) is 12.1. The Morgan fingerprint density at radius 1 is 1.18 bits per heavy atom. The number of likely N-dealkylation sites (N-methyl/N-ethyl adjacent to an activating group) is 1. The summed E-state index contributed by atoms with van der Waals surface area (Å²) in [5, 5.41) is 2.39. The van der Waals surface area contributed by atoms with Crippen LogP contribution in [-0.4, -0.2) is 73.1 Å². The number of H-pyrrole nitrogens is 1. The van der Waals surface area contributed by atoms with E-state index in [4.69, 9.17) is 16.2 Å². The van der Waals surface area contributed by atoms with Gasteiger partial charge in [-0.1, -0.05) is 12.1 Å². The third-order valence-corrected chi connectivity index (χ3v) is 4.77. The van der Waals surface area contributed by atoms with Crippen molar-refractivity contribution in [3.63, 3.8) is 0 Å². The molecular formula is C19H26N6O3.